The molecular weight excluding hydrogens is 352 g/mol. The predicted octanol–water partition coefficient (Wildman–Crippen LogP) is 2.77. The van der Waals surface area contributed by atoms with Crippen LogP contribution < -0.4 is 10.6 Å². The second-order valence-electron chi connectivity index (χ2n) is 4.27. The third-order valence-corrected chi connectivity index (χ3v) is 5.60. The standard InChI is InChI=1S/C14H16N4O2S3/c1-2-21-13-17-18-14(23-13)22-9-11(19)16-12(20)15-8-10-6-4-3-5-7-10/h3-7H,2,8-9H2,1H3,(H2,15,16,19,20). The van der Waals surface area contributed by atoms with Crippen LogP contribution in [0.3, 0.4) is 0 Å². The number of benzene rings is 1. The summed E-state index contributed by atoms with van der Waals surface area (Å²) >= 11 is 4.33. The van der Waals surface area contributed by atoms with E-state index in [4.69, 9.17) is 0 Å². The van der Waals surface area contributed by atoms with Crippen molar-refractivity contribution in [3.63, 3.8) is 0 Å². The number of aromatic nitrogens is 2. The van der Waals surface area contributed by atoms with Crippen LogP contribution in [0.1, 0.15) is 12.5 Å². The van der Waals surface area contributed by atoms with Crippen molar-refractivity contribution >= 4 is 46.8 Å². The molecule has 2 aromatic rings. The molecule has 0 saturated heterocycles. The smallest absolute Gasteiger partial charge is 0.321 e. The van der Waals surface area contributed by atoms with Crippen LogP contribution in [0.5, 0.6) is 0 Å². The van der Waals surface area contributed by atoms with E-state index in [0.29, 0.717) is 6.54 Å². The summed E-state index contributed by atoms with van der Waals surface area (Å²) in [6, 6.07) is 8.99. The number of urea groups is 1. The van der Waals surface area contributed by atoms with Gasteiger partial charge in [0.1, 0.15) is 0 Å². The number of hydrogen-bond acceptors (Lipinski definition) is 7. The van der Waals surface area contributed by atoms with Crippen molar-refractivity contribution in [3.8, 4) is 0 Å². The average molecular weight is 369 g/mol. The van der Waals surface area contributed by atoms with Crippen LogP contribution in [0, 0.1) is 0 Å². The molecule has 2 N–H and O–H groups in total. The normalized spacial score (nSPS) is 10.3. The number of hydrogen-bond donors (Lipinski definition) is 2. The highest BCUT2D eigenvalue weighted by atomic mass is 32.2. The number of rotatable bonds is 7. The summed E-state index contributed by atoms with van der Waals surface area (Å²) in [7, 11) is 0. The van der Waals surface area contributed by atoms with E-state index in [0.717, 1.165) is 20.0 Å². The van der Waals surface area contributed by atoms with Gasteiger partial charge in [-0.3, -0.25) is 10.1 Å². The van der Waals surface area contributed by atoms with E-state index in [1.165, 1.54) is 23.1 Å². The number of carbonyl (C=O) groups excluding carboxylic acids is 2. The van der Waals surface area contributed by atoms with Crippen LogP contribution in [-0.2, 0) is 11.3 Å². The van der Waals surface area contributed by atoms with Crippen molar-refractivity contribution < 1.29 is 9.59 Å². The largest absolute Gasteiger partial charge is 0.334 e. The van der Waals surface area contributed by atoms with Crippen LogP contribution in [0.25, 0.3) is 0 Å². The first-order chi connectivity index (χ1) is 11.2. The fraction of sp³-hybridized carbons (Fsp3) is 0.286. The number of thioether (sulfide) groups is 2. The van der Waals surface area contributed by atoms with E-state index in [9.17, 15) is 9.59 Å². The molecule has 3 amide bonds. The Hall–Kier alpha value is -1.58. The highest BCUT2D eigenvalue weighted by Gasteiger charge is 2.10. The van der Waals surface area contributed by atoms with Crippen LogP contribution in [0.2, 0.25) is 0 Å². The molecule has 0 saturated carbocycles. The maximum atomic E-state index is 11.7. The lowest BCUT2D eigenvalue weighted by Crippen LogP contribution is -2.39. The quantitative estimate of drug-likeness (QED) is 0.731. The van der Waals surface area contributed by atoms with Crippen molar-refractivity contribution in [2.75, 3.05) is 11.5 Å². The molecule has 2 rings (SSSR count). The molecule has 122 valence electrons. The Labute approximate surface area is 146 Å². The minimum atomic E-state index is -0.501. The maximum absolute atomic E-state index is 11.7. The minimum Gasteiger partial charge on any atom is -0.334 e. The van der Waals surface area contributed by atoms with E-state index in [-0.39, 0.29) is 11.7 Å². The molecule has 23 heavy (non-hydrogen) atoms. The van der Waals surface area contributed by atoms with Crippen molar-refractivity contribution in [3.05, 3.63) is 35.9 Å². The van der Waals surface area contributed by atoms with Gasteiger partial charge in [0.2, 0.25) is 5.91 Å². The summed E-state index contributed by atoms with van der Waals surface area (Å²) in [5, 5.41) is 12.9. The van der Waals surface area contributed by atoms with Gasteiger partial charge in [-0.2, -0.15) is 0 Å². The van der Waals surface area contributed by atoms with E-state index < -0.39 is 6.03 Å². The Morgan fingerprint density at radius 1 is 1.13 bits per heavy atom. The predicted molar refractivity (Wildman–Crippen MR) is 93.9 cm³/mol. The molecule has 1 aromatic carbocycles. The molecule has 6 nitrogen and oxygen atoms in total. The van der Waals surface area contributed by atoms with E-state index >= 15 is 0 Å². The van der Waals surface area contributed by atoms with Crippen molar-refractivity contribution in [2.24, 2.45) is 0 Å². The monoisotopic (exact) mass is 368 g/mol. The van der Waals surface area contributed by atoms with Gasteiger partial charge >= 0.3 is 6.03 Å². The van der Waals surface area contributed by atoms with Gasteiger partial charge in [-0.15, -0.1) is 10.2 Å². The SMILES string of the molecule is CCSc1nnc(SCC(=O)NC(=O)NCc2ccccc2)s1. The lowest BCUT2D eigenvalue weighted by atomic mass is 10.2. The van der Waals surface area contributed by atoms with Crippen molar-refractivity contribution in [1.82, 2.24) is 20.8 Å². The summed E-state index contributed by atoms with van der Waals surface area (Å²) in [6.45, 7) is 2.42. The Kier molecular flexibility index (Phi) is 7.37. The molecule has 0 atom stereocenters. The molecule has 1 heterocycles. The molecule has 0 spiro atoms. The second kappa shape index (κ2) is 9.53. The Bertz CT molecular complexity index is 648. The first kappa shape index (κ1) is 17.8. The summed E-state index contributed by atoms with van der Waals surface area (Å²) in [4.78, 5) is 23.4. The zero-order chi connectivity index (χ0) is 16.5. The van der Waals surface area contributed by atoms with Gasteiger partial charge < -0.3 is 5.32 Å². The highest BCUT2D eigenvalue weighted by Crippen LogP contribution is 2.28. The van der Waals surface area contributed by atoms with Crippen molar-refractivity contribution in [1.29, 1.82) is 0 Å². The summed E-state index contributed by atoms with van der Waals surface area (Å²) in [6.07, 6.45) is 0. The zero-order valence-electron chi connectivity index (χ0n) is 12.4. The molecule has 0 aliphatic rings. The molecular formula is C14H16N4O2S3. The fourth-order valence-corrected chi connectivity index (χ4v) is 4.27. The molecule has 0 bridgehead atoms. The van der Waals surface area contributed by atoms with Crippen LogP contribution in [0.15, 0.2) is 39.0 Å². The molecule has 0 aliphatic heterocycles. The Morgan fingerprint density at radius 3 is 2.52 bits per heavy atom. The second-order valence-corrected chi connectivity index (χ2v) is 7.98. The molecule has 0 radical (unpaired) electrons. The minimum absolute atomic E-state index is 0.129. The molecule has 0 fully saturated rings. The topological polar surface area (TPSA) is 84.0 Å². The molecule has 0 unspecified atom stereocenters. The Balaban J connectivity index is 1.68. The van der Waals surface area contributed by atoms with Gasteiger partial charge in [0.25, 0.3) is 0 Å². The lowest BCUT2D eigenvalue weighted by Gasteiger charge is -2.06. The third kappa shape index (κ3) is 6.59. The molecule has 1 aromatic heterocycles. The summed E-state index contributed by atoms with van der Waals surface area (Å²) in [5.74, 6) is 0.700. The summed E-state index contributed by atoms with van der Waals surface area (Å²) < 4.78 is 1.61. The first-order valence-electron chi connectivity index (χ1n) is 6.88. The number of carbonyl (C=O) groups is 2. The fourth-order valence-electron chi connectivity index (χ4n) is 1.55. The molecule has 0 aliphatic carbocycles. The van der Waals surface area contributed by atoms with E-state index in [1.807, 2.05) is 37.3 Å². The zero-order valence-corrected chi connectivity index (χ0v) is 14.9. The van der Waals surface area contributed by atoms with Crippen molar-refractivity contribution in [2.45, 2.75) is 22.1 Å². The number of nitrogens with one attached hydrogen (secondary N) is 2. The highest BCUT2D eigenvalue weighted by molar-refractivity contribution is 8.03. The van der Waals surface area contributed by atoms with Gasteiger partial charge in [0.05, 0.1) is 5.75 Å². The van der Waals surface area contributed by atoms with Crippen LogP contribution in [-0.4, -0.2) is 33.6 Å². The van der Waals surface area contributed by atoms with Crippen LogP contribution in [0.4, 0.5) is 4.79 Å². The van der Waals surface area contributed by atoms with Gasteiger partial charge in [-0.05, 0) is 11.3 Å². The van der Waals surface area contributed by atoms with Gasteiger partial charge in [0.15, 0.2) is 8.68 Å². The number of nitrogens with zero attached hydrogens (tertiary/aromatic N) is 2. The Morgan fingerprint density at radius 2 is 1.83 bits per heavy atom. The number of imide groups is 1. The van der Waals surface area contributed by atoms with Gasteiger partial charge in [-0.25, -0.2) is 4.79 Å². The third-order valence-electron chi connectivity index (χ3n) is 2.53. The van der Waals surface area contributed by atoms with Gasteiger partial charge in [-0.1, -0.05) is 72.1 Å². The number of amides is 3. The van der Waals surface area contributed by atoms with Crippen LogP contribution >= 0.6 is 34.9 Å². The first-order valence-corrected chi connectivity index (χ1v) is 9.67. The van der Waals surface area contributed by atoms with E-state index in [2.05, 4.69) is 20.8 Å². The van der Waals surface area contributed by atoms with E-state index in [1.54, 1.807) is 11.8 Å². The average Bonchev–Trinajstić information content (AvgIpc) is 3.00. The molecule has 9 heteroatoms. The van der Waals surface area contributed by atoms with Gasteiger partial charge in [0, 0.05) is 6.54 Å². The summed E-state index contributed by atoms with van der Waals surface area (Å²) in [5.41, 5.74) is 0.972. The lowest BCUT2D eigenvalue weighted by molar-refractivity contribution is -0.117. The maximum Gasteiger partial charge on any atom is 0.321 e.